The van der Waals surface area contributed by atoms with Gasteiger partial charge < -0.3 is 5.11 Å². The second kappa shape index (κ2) is 6.96. The Hall–Kier alpha value is -2.84. The van der Waals surface area contributed by atoms with E-state index in [2.05, 4.69) is 25.9 Å². The summed E-state index contributed by atoms with van der Waals surface area (Å²) in [6, 6.07) is 11.1. The molecule has 28 heavy (non-hydrogen) atoms. The number of allylic oxidation sites excluding steroid dienone is 1. The van der Waals surface area contributed by atoms with E-state index in [1.807, 2.05) is 25.1 Å². The number of aromatic amines is 1. The van der Waals surface area contributed by atoms with Gasteiger partial charge in [-0.15, -0.1) is 0 Å². The number of aromatic hydroxyl groups is 1. The molecular weight excluding hydrogens is 445 g/mol. The van der Waals surface area contributed by atoms with Crippen molar-refractivity contribution in [1.82, 2.24) is 9.55 Å². The summed E-state index contributed by atoms with van der Waals surface area (Å²) < 4.78 is 15.4. The van der Waals surface area contributed by atoms with Crippen LogP contribution >= 0.6 is 28.1 Å². The van der Waals surface area contributed by atoms with E-state index in [4.69, 9.17) is 12.2 Å². The van der Waals surface area contributed by atoms with Gasteiger partial charge in [-0.3, -0.25) is 19.3 Å². The van der Waals surface area contributed by atoms with Crippen molar-refractivity contribution < 1.29 is 9.50 Å². The smallest absolute Gasteiger partial charge is 0.262 e. The highest BCUT2D eigenvalue weighted by Crippen LogP contribution is 2.38. The van der Waals surface area contributed by atoms with Gasteiger partial charge in [-0.1, -0.05) is 15.9 Å². The summed E-state index contributed by atoms with van der Waals surface area (Å²) in [6.07, 6.45) is 1.58. The van der Waals surface area contributed by atoms with Gasteiger partial charge in [-0.25, -0.2) is 4.39 Å². The number of halogens is 2. The second-order valence-corrected chi connectivity index (χ2v) is 7.53. The monoisotopic (exact) mass is 457 g/mol. The fourth-order valence-electron chi connectivity index (χ4n) is 3.08. The van der Waals surface area contributed by atoms with Gasteiger partial charge in [0.2, 0.25) is 5.88 Å². The molecule has 0 saturated carbocycles. The maximum atomic E-state index is 13.3. The van der Waals surface area contributed by atoms with Crippen molar-refractivity contribution in [1.29, 1.82) is 0 Å². The normalized spacial score (nSPS) is 14.2. The van der Waals surface area contributed by atoms with Crippen LogP contribution in [0.4, 0.5) is 10.1 Å². The third-order valence-corrected chi connectivity index (χ3v) is 5.20. The quantitative estimate of drug-likeness (QED) is 0.522. The lowest BCUT2D eigenvalue weighted by Gasteiger charge is -2.12. The summed E-state index contributed by atoms with van der Waals surface area (Å²) >= 11 is 8.63. The first kappa shape index (κ1) is 18.5. The summed E-state index contributed by atoms with van der Waals surface area (Å²) in [7, 11) is 0. The number of nitrogens with zero attached hydrogens (tertiary/aromatic N) is 2. The molecule has 0 aliphatic carbocycles. The first-order valence-electron chi connectivity index (χ1n) is 8.26. The van der Waals surface area contributed by atoms with E-state index in [-0.39, 0.29) is 16.2 Å². The highest BCUT2D eigenvalue weighted by atomic mass is 79.9. The molecule has 1 aliphatic heterocycles. The number of hydrogen-bond acceptors (Lipinski definition) is 4. The lowest BCUT2D eigenvalue weighted by atomic mass is 10.0. The molecule has 0 saturated heterocycles. The molecule has 1 aliphatic rings. The van der Waals surface area contributed by atoms with E-state index < -0.39 is 11.4 Å². The summed E-state index contributed by atoms with van der Waals surface area (Å²) in [6.45, 7) is 1.83. The third kappa shape index (κ3) is 3.14. The third-order valence-electron chi connectivity index (χ3n) is 4.42. The molecule has 0 bridgehead atoms. The SMILES string of the molecule is CC1=Nc2ccc(Br)cc2/C1=C\c1c(O)n(-c2ccc(F)cc2)c(=S)[nH]c1=O. The van der Waals surface area contributed by atoms with Gasteiger partial charge in [-0.2, -0.15) is 0 Å². The molecule has 0 amide bonds. The average molecular weight is 458 g/mol. The minimum atomic E-state index is -0.524. The molecule has 0 radical (unpaired) electrons. The van der Waals surface area contributed by atoms with Crippen LogP contribution in [0.1, 0.15) is 18.1 Å². The van der Waals surface area contributed by atoms with E-state index in [0.717, 1.165) is 27.0 Å². The van der Waals surface area contributed by atoms with Crippen molar-refractivity contribution in [2.75, 3.05) is 0 Å². The van der Waals surface area contributed by atoms with Gasteiger partial charge in [0.15, 0.2) is 4.77 Å². The molecule has 2 N–H and O–H groups in total. The fraction of sp³-hybridized carbons (Fsp3) is 0.0500. The van der Waals surface area contributed by atoms with Crippen LogP contribution < -0.4 is 5.56 Å². The van der Waals surface area contributed by atoms with Crippen molar-refractivity contribution in [3.8, 4) is 11.6 Å². The topological polar surface area (TPSA) is 70.4 Å². The van der Waals surface area contributed by atoms with Crippen LogP contribution in [0.15, 0.2) is 56.7 Å². The molecule has 0 fully saturated rings. The van der Waals surface area contributed by atoms with Crippen LogP contribution in [0.3, 0.4) is 0 Å². The number of rotatable bonds is 2. The van der Waals surface area contributed by atoms with E-state index in [1.165, 1.54) is 28.8 Å². The lowest BCUT2D eigenvalue weighted by Crippen LogP contribution is -2.16. The number of aliphatic imine (C=N–C) groups is 1. The molecular formula is C20H13BrFN3O2S. The fourth-order valence-corrected chi connectivity index (χ4v) is 3.73. The Bertz CT molecular complexity index is 1290. The largest absolute Gasteiger partial charge is 0.494 e. The highest BCUT2D eigenvalue weighted by molar-refractivity contribution is 9.10. The Morgan fingerprint density at radius 3 is 2.68 bits per heavy atom. The Kier molecular flexibility index (Phi) is 4.60. The number of hydrogen-bond donors (Lipinski definition) is 2. The molecule has 140 valence electrons. The molecule has 0 atom stereocenters. The Morgan fingerprint density at radius 2 is 1.96 bits per heavy atom. The molecule has 8 heteroatoms. The van der Waals surface area contributed by atoms with Gasteiger partial charge in [-0.05, 0) is 67.7 Å². The molecule has 0 spiro atoms. The zero-order valence-electron chi connectivity index (χ0n) is 14.5. The summed E-state index contributed by atoms with van der Waals surface area (Å²) in [5.41, 5.74) is 3.03. The van der Waals surface area contributed by atoms with E-state index in [9.17, 15) is 14.3 Å². The molecule has 3 aromatic rings. The van der Waals surface area contributed by atoms with Crippen LogP contribution in [-0.2, 0) is 0 Å². The zero-order chi connectivity index (χ0) is 20.0. The molecule has 5 nitrogen and oxygen atoms in total. The summed E-state index contributed by atoms with van der Waals surface area (Å²) in [4.78, 5) is 19.6. The van der Waals surface area contributed by atoms with Crippen molar-refractivity contribution in [3.05, 3.63) is 79.0 Å². The maximum Gasteiger partial charge on any atom is 0.262 e. The van der Waals surface area contributed by atoms with E-state index >= 15 is 0 Å². The predicted molar refractivity (Wildman–Crippen MR) is 114 cm³/mol. The van der Waals surface area contributed by atoms with Gasteiger partial charge in [0.05, 0.1) is 11.4 Å². The summed E-state index contributed by atoms with van der Waals surface area (Å²) in [5.74, 6) is -0.745. The molecule has 2 aromatic carbocycles. The van der Waals surface area contributed by atoms with Gasteiger partial charge >= 0.3 is 0 Å². The van der Waals surface area contributed by atoms with Crippen LogP contribution in [0.2, 0.25) is 0 Å². The zero-order valence-corrected chi connectivity index (χ0v) is 16.9. The Labute approximate surface area is 172 Å². The van der Waals surface area contributed by atoms with Gasteiger partial charge in [0.1, 0.15) is 11.4 Å². The molecule has 4 rings (SSSR count). The minimum absolute atomic E-state index is 0.0104. The second-order valence-electron chi connectivity index (χ2n) is 6.23. The van der Waals surface area contributed by atoms with Crippen molar-refractivity contribution in [3.63, 3.8) is 0 Å². The molecule has 2 heterocycles. The van der Waals surface area contributed by atoms with Gasteiger partial charge in [0, 0.05) is 21.3 Å². The maximum absolute atomic E-state index is 13.3. The van der Waals surface area contributed by atoms with Crippen LogP contribution in [-0.4, -0.2) is 20.4 Å². The number of nitrogens with one attached hydrogen (secondary N) is 1. The van der Waals surface area contributed by atoms with E-state index in [1.54, 1.807) is 6.08 Å². The Morgan fingerprint density at radius 1 is 1.25 bits per heavy atom. The van der Waals surface area contributed by atoms with Crippen LogP contribution in [0.5, 0.6) is 5.88 Å². The molecule has 0 unspecified atom stereocenters. The number of fused-ring (bicyclic) bond motifs is 1. The van der Waals surface area contributed by atoms with E-state index in [0.29, 0.717) is 5.69 Å². The first-order chi connectivity index (χ1) is 13.3. The minimum Gasteiger partial charge on any atom is -0.494 e. The number of H-pyrrole nitrogens is 1. The Balaban J connectivity index is 1.94. The van der Waals surface area contributed by atoms with Gasteiger partial charge in [0.25, 0.3) is 5.56 Å². The van der Waals surface area contributed by atoms with Crippen molar-refractivity contribution in [2.45, 2.75) is 6.92 Å². The highest BCUT2D eigenvalue weighted by Gasteiger charge is 2.20. The lowest BCUT2D eigenvalue weighted by molar-refractivity contribution is 0.432. The number of benzene rings is 2. The van der Waals surface area contributed by atoms with Crippen LogP contribution in [0.25, 0.3) is 17.3 Å². The van der Waals surface area contributed by atoms with Crippen molar-refractivity contribution >= 4 is 51.2 Å². The van der Waals surface area contributed by atoms with Crippen molar-refractivity contribution in [2.24, 2.45) is 4.99 Å². The molecule has 1 aromatic heterocycles. The summed E-state index contributed by atoms with van der Waals surface area (Å²) in [5, 5.41) is 10.8. The standard InChI is InChI=1S/C20H13BrFN3O2S/c1-10-14(15-8-11(21)2-7-17(15)23-10)9-16-18(26)24-20(28)25(19(16)27)13-5-3-12(22)4-6-13/h2-9,27H,1H3,(H,24,26,28)/b14-9-. The van der Waals surface area contributed by atoms with Crippen LogP contribution in [0, 0.1) is 10.6 Å². The average Bonchev–Trinajstić information content (AvgIpc) is 2.94. The first-order valence-corrected chi connectivity index (χ1v) is 9.47. The number of aromatic nitrogens is 2. The predicted octanol–water partition coefficient (Wildman–Crippen LogP) is 5.15.